The summed E-state index contributed by atoms with van der Waals surface area (Å²) in [5.74, 6) is 0.476. The number of esters is 1. The van der Waals surface area contributed by atoms with Gasteiger partial charge in [0.25, 0.3) is 0 Å². The van der Waals surface area contributed by atoms with Crippen molar-refractivity contribution in [2.24, 2.45) is 0 Å². The molecule has 0 saturated heterocycles. The number of hydrogen-bond donors (Lipinski definition) is 0. The molecule has 0 unspecified atom stereocenters. The lowest BCUT2D eigenvalue weighted by Gasteiger charge is -2.16. The van der Waals surface area contributed by atoms with E-state index in [0.29, 0.717) is 6.54 Å². The highest BCUT2D eigenvalue weighted by Gasteiger charge is 2.13. The number of hydrogen-bond acceptors (Lipinski definition) is 5. The summed E-state index contributed by atoms with van der Waals surface area (Å²) in [4.78, 5) is 13.2. The molecule has 0 fully saturated rings. The van der Waals surface area contributed by atoms with E-state index < -0.39 is 0 Å². The third-order valence-corrected chi connectivity index (χ3v) is 3.04. The van der Waals surface area contributed by atoms with Crippen molar-refractivity contribution in [2.45, 2.75) is 13.5 Å². The number of nitrogens with zero attached hydrogens (tertiary/aromatic N) is 2. The van der Waals surface area contributed by atoms with Crippen LogP contribution in [0.5, 0.6) is 0 Å². The molecule has 0 atom stereocenters. The molecule has 106 valence electrons. The zero-order valence-electron chi connectivity index (χ0n) is 11.7. The van der Waals surface area contributed by atoms with E-state index in [-0.39, 0.29) is 12.5 Å². The minimum absolute atomic E-state index is 0.244. The SMILES string of the molecule is CCN(CC(=O)OC)Cc1cc(-c2ccccc2)no1. The van der Waals surface area contributed by atoms with Gasteiger partial charge in [0.2, 0.25) is 0 Å². The molecule has 2 aromatic rings. The Labute approximate surface area is 118 Å². The van der Waals surface area contributed by atoms with Gasteiger partial charge >= 0.3 is 5.97 Å². The van der Waals surface area contributed by atoms with Crippen molar-refractivity contribution in [3.05, 3.63) is 42.2 Å². The Morgan fingerprint density at radius 1 is 1.35 bits per heavy atom. The Bertz CT molecular complexity index is 551. The van der Waals surface area contributed by atoms with E-state index in [1.165, 1.54) is 7.11 Å². The van der Waals surface area contributed by atoms with E-state index in [4.69, 9.17) is 4.52 Å². The number of carbonyl (C=O) groups excluding carboxylic acids is 1. The third kappa shape index (κ3) is 3.68. The number of ether oxygens (including phenoxy) is 1. The van der Waals surface area contributed by atoms with Gasteiger partial charge in [-0.15, -0.1) is 0 Å². The number of rotatable bonds is 6. The molecular weight excluding hydrogens is 256 g/mol. The van der Waals surface area contributed by atoms with Gasteiger partial charge in [0.15, 0.2) is 5.76 Å². The first-order chi connectivity index (χ1) is 9.72. The first-order valence-electron chi connectivity index (χ1n) is 6.53. The Kier molecular flexibility index (Phi) is 4.90. The lowest BCUT2D eigenvalue weighted by atomic mass is 10.1. The molecule has 0 N–H and O–H groups in total. The Balaban J connectivity index is 2.03. The largest absolute Gasteiger partial charge is 0.468 e. The van der Waals surface area contributed by atoms with Gasteiger partial charge in [0.1, 0.15) is 5.69 Å². The summed E-state index contributed by atoms with van der Waals surface area (Å²) in [6, 6.07) is 11.7. The highest BCUT2D eigenvalue weighted by Crippen LogP contribution is 2.19. The van der Waals surface area contributed by atoms with Crippen LogP contribution in [0.15, 0.2) is 40.9 Å². The van der Waals surface area contributed by atoms with E-state index in [1.807, 2.05) is 48.2 Å². The van der Waals surface area contributed by atoms with Crippen molar-refractivity contribution in [3.8, 4) is 11.3 Å². The van der Waals surface area contributed by atoms with Crippen LogP contribution in [0.25, 0.3) is 11.3 Å². The van der Waals surface area contributed by atoms with E-state index in [2.05, 4.69) is 9.89 Å². The van der Waals surface area contributed by atoms with E-state index in [9.17, 15) is 4.79 Å². The van der Waals surface area contributed by atoms with Crippen LogP contribution in [-0.4, -0.2) is 36.2 Å². The maximum Gasteiger partial charge on any atom is 0.319 e. The molecule has 0 radical (unpaired) electrons. The van der Waals surface area contributed by atoms with Crippen LogP contribution in [0.1, 0.15) is 12.7 Å². The number of carbonyl (C=O) groups is 1. The predicted molar refractivity (Wildman–Crippen MR) is 74.9 cm³/mol. The smallest absolute Gasteiger partial charge is 0.319 e. The summed E-state index contributed by atoms with van der Waals surface area (Å²) in [6.07, 6.45) is 0. The minimum atomic E-state index is -0.255. The summed E-state index contributed by atoms with van der Waals surface area (Å²) < 4.78 is 9.99. The molecule has 20 heavy (non-hydrogen) atoms. The number of methoxy groups -OCH3 is 1. The maximum absolute atomic E-state index is 11.3. The van der Waals surface area contributed by atoms with Gasteiger partial charge in [-0.1, -0.05) is 42.4 Å². The average molecular weight is 274 g/mol. The van der Waals surface area contributed by atoms with Gasteiger partial charge in [-0.25, -0.2) is 0 Å². The van der Waals surface area contributed by atoms with Gasteiger partial charge in [-0.2, -0.15) is 0 Å². The van der Waals surface area contributed by atoms with Crippen molar-refractivity contribution < 1.29 is 14.1 Å². The van der Waals surface area contributed by atoms with E-state index in [0.717, 1.165) is 23.6 Å². The fraction of sp³-hybridized carbons (Fsp3) is 0.333. The van der Waals surface area contributed by atoms with Crippen LogP contribution in [0.2, 0.25) is 0 Å². The molecular formula is C15H18N2O3. The quantitative estimate of drug-likeness (QED) is 0.757. The maximum atomic E-state index is 11.3. The van der Waals surface area contributed by atoms with Gasteiger partial charge in [0.05, 0.1) is 20.2 Å². The molecule has 0 aliphatic rings. The molecule has 0 aliphatic heterocycles. The minimum Gasteiger partial charge on any atom is -0.468 e. The Morgan fingerprint density at radius 3 is 2.75 bits per heavy atom. The standard InChI is InChI=1S/C15H18N2O3/c1-3-17(11-15(18)19-2)10-13-9-14(16-20-13)12-7-5-4-6-8-12/h4-9H,3,10-11H2,1-2H3. The highest BCUT2D eigenvalue weighted by atomic mass is 16.5. The summed E-state index contributed by atoms with van der Waals surface area (Å²) >= 11 is 0. The number of likely N-dealkylation sites (N-methyl/N-ethyl adjacent to an activating group) is 1. The summed E-state index contributed by atoms with van der Waals surface area (Å²) in [6.45, 7) is 3.49. The van der Waals surface area contributed by atoms with Crippen LogP contribution < -0.4 is 0 Å². The molecule has 1 aromatic carbocycles. The zero-order valence-corrected chi connectivity index (χ0v) is 11.7. The summed E-state index contributed by atoms with van der Waals surface area (Å²) in [5.41, 5.74) is 1.81. The van der Waals surface area contributed by atoms with Crippen molar-refractivity contribution >= 4 is 5.97 Å². The third-order valence-electron chi connectivity index (χ3n) is 3.04. The van der Waals surface area contributed by atoms with Crippen molar-refractivity contribution in [1.82, 2.24) is 10.1 Å². The van der Waals surface area contributed by atoms with Crippen molar-refractivity contribution in [1.29, 1.82) is 0 Å². The van der Waals surface area contributed by atoms with Gasteiger partial charge in [0, 0.05) is 11.6 Å². The monoisotopic (exact) mass is 274 g/mol. The predicted octanol–water partition coefficient (Wildman–Crippen LogP) is 2.34. The Hall–Kier alpha value is -2.14. The topological polar surface area (TPSA) is 55.6 Å². The molecule has 1 heterocycles. The molecule has 2 rings (SSSR count). The van der Waals surface area contributed by atoms with E-state index >= 15 is 0 Å². The lowest BCUT2D eigenvalue weighted by Crippen LogP contribution is -2.29. The van der Waals surface area contributed by atoms with E-state index in [1.54, 1.807) is 0 Å². The molecule has 5 heteroatoms. The second kappa shape index (κ2) is 6.86. The first-order valence-corrected chi connectivity index (χ1v) is 6.53. The van der Waals surface area contributed by atoms with Crippen LogP contribution >= 0.6 is 0 Å². The number of benzene rings is 1. The molecule has 0 aliphatic carbocycles. The summed E-state index contributed by atoms with van der Waals surface area (Å²) in [7, 11) is 1.39. The Morgan fingerprint density at radius 2 is 2.10 bits per heavy atom. The highest BCUT2D eigenvalue weighted by molar-refractivity contribution is 5.71. The van der Waals surface area contributed by atoms with Crippen molar-refractivity contribution in [2.75, 3.05) is 20.2 Å². The molecule has 0 amide bonds. The van der Waals surface area contributed by atoms with Gasteiger partial charge in [-0.3, -0.25) is 9.69 Å². The fourth-order valence-electron chi connectivity index (χ4n) is 1.88. The normalized spacial score (nSPS) is 10.8. The van der Waals surface area contributed by atoms with Crippen LogP contribution in [0.3, 0.4) is 0 Å². The van der Waals surface area contributed by atoms with Crippen LogP contribution in [0.4, 0.5) is 0 Å². The first kappa shape index (κ1) is 14.3. The van der Waals surface area contributed by atoms with Crippen molar-refractivity contribution in [3.63, 3.8) is 0 Å². The van der Waals surface area contributed by atoms with Gasteiger partial charge in [-0.05, 0) is 6.54 Å². The molecule has 0 spiro atoms. The summed E-state index contributed by atoms with van der Waals surface area (Å²) in [5, 5.41) is 4.06. The fourth-order valence-corrected chi connectivity index (χ4v) is 1.88. The second-order valence-corrected chi connectivity index (χ2v) is 4.42. The molecule has 1 aromatic heterocycles. The molecule has 0 bridgehead atoms. The zero-order chi connectivity index (χ0) is 14.4. The van der Waals surface area contributed by atoms with Crippen LogP contribution in [0, 0.1) is 0 Å². The molecule has 5 nitrogen and oxygen atoms in total. The number of aromatic nitrogens is 1. The van der Waals surface area contributed by atoms with Crippen LogP contribution in [-0.2, 0) is 16.1 Å². The lowest BCUT2D eigenvalue weighted by molar-refractivity contribution is -0.142. The second-order valence-electron chi connectivity index (χ2n) is 4.42. The molecule has 0 saturated carbocycles. The average Bonchev–Trinajstić information content (AvgIpc) is 2.95. The van der Waals surface area contributed by atoms with Gasteiger partial charge < -0.3 is 9.26 Å².